The molecule has 2 aromatic heterocycles. The summed E-state index contributed by atoms with van der Waals surface area (Å²) in [4.78, 5) is 63.8. The van der Waals surface area contributed by atoms with E-state index in [0.29, 0.717) is 134 Å². The molecule has 0 bridgehead atoms. The largest absolute Gasteiger partial charge is 1.00 e. The van der Waals surface area contributed by atoms with Crippen molar-refractivity contribution in [2.24, 2.45) is 0 Å². The van der Waals surface area contributed by atoms with E-state index in [1.54, 1.807) is 140 Å². The minimum Gasteiger partial charge on any atom is -0.870 e. The Balaban J connectivity index is 0.000000241. The number of benzene rings is 10. The summed E-state index contributed by atoms with van der Waals surface area (Å²) in [6.07, 6.45) is 1.01. The van der Waals surface area contributed by atoms with Gasteiger partial charge in [0.05, 0.1) is 58.0 Å². The molecule has 2 heterocycles. The molecule has 0 fully saturated rings. The van der Waals surface area contributed by atoms with Gasteiger partial charge in [0.15, 0.2) is 0 Å². The third-order valence-corrected chi connectivity index (χ3v) is 15.6. The number of amides is 2. The first-order valence-electron chi connectivity index (χ1n) is 31.6. The minimum absolute atomic E-state index is 0. The van der Waals surface area contributed by atoms with E-state index in [9.17, 15) is 34.2 Å². The molecule has 12 aromatic rings. The number of para-hydroxylation sites is 2. The number of carboxylic acid groups (broad SMARTS) is 1. The summed E-state index contributed by atoms with van der Waals surface area (Å²) in [6, 6.07) is 81.5. The average molecular weight is 1360 g/mol. The Bertz CT molecular complexity index is 4770. The molecule has 500 valence electrons. The van der Waals surface area contributed by atoms with Crippen LogP contribution in [0.3, 0.4) is 0 Å². The number of aliphatic hydroxyl groups excluding tert-OH is 1. The van der Waals surface area contributed by atoms with Crippen molar-refractivity contribution >= 4 is 41.1 Å². The molecule has 12 rings (SSSR count). The number of esters is 2. The molecule has 101 heavy (non-hydrogen) atoms. The Kier molecular flexibility index (Phi) is 26.5. The van der Waals surface area contributed by atoms with Crippen LogP contribution in [0.1, 0.15) is 86.0 Å². The van der Waals surface area contributed by atoms with Crippen molar-refractivity contribution in [3.63, 3.8) is 0 Å². The number of aromatic nitrogens is 4. The molecule has 0 spiro atoms. The van der Waals surface area contributed by atoms with Gasteiger partial charge in [-0.3, -0.25) is 9.59 Å². The monoisotopic (exact) mass is 1350 g/mol. The molecular formula is C81H67N6NaO13. The maximum Gasteiger partial charge on any atom is 1.00 e. The first kappa shape index (κ1) is 73.3. The molecule has 0 unspecified atom stereocenters. The van der Waals surface area contributed by atoms with Crippen LogP contribution >= 0.6 is 0 Å². The van der Waals surface area contributed by atoms with Crippen LogP contribution in [0.4, 0.5) is 11.4 Å². The number of rotatable bonds is 25. The van der Waals surface area contributed by atoms with Gasteiger partial charge in [0.1, 0.15) is 43.7 Å². The average Bonchev–Trinajstić information content (AvgIpc) is 0.806. The molecule has 0 aliphatic carbocycles. The number of aromatic carboxylic acids is 1. The fourth-order valence-electron chi connectivity index (χ4n) is 10.5. The second-order valence-electron chi connectivity index (χ2n) is 22.5. The van der Waals surface area contributed by atoms with E-state index >= 15 is 0 Å². The Morgan fingerprint density at radius 1 is 0.396 bits per heavy atom. The Labute approximate surface area is 605 Å². The second kappa shape index (κ2) is 36.6. The van der Waals surface area contributed by atoms with Gasteiger partial charge >= 0.3 is 47.5 Å². The quantitative estimate of drug-likeness (QED) is 0.0306. The van der Waals surface area contributed by atoms with Crippen LogP contribution in [0, 0.1) is 0 Å². The van der Waals surface area contributed by atoms with Crippen LogP contribution in [0.2, 0.25) is 0 Å². The first-order chi connectivity index (χ1) is 48.4. The van der Waals surface area contributed by atoms with Gasteiger partial charge in [0.25, 0.3) is 11.8 Å². The van der Waals surface area contributed by atoms with Crippen LogP contribution in [0.15, 0.2) is 273 Å². The smallest absolute Gasteiger partial charge is 0.870 e. The SMILES string of the molecule is COC(=O)c1cccc(-c2nnc(-c3ccccc3NC(=O)c3ccc(OCc4ccccc4)cc3)cc2COC(=O)c2ccc(OCc3ccccc3)cc2)c1.O=C(O)c1cccc(-c2nnc(-c3ccccc3NC(=O)c3ccc(OCc4ccccc4)cc3)cc2CCCO)c1.[Na+].[OH-]. The Morgan fingerprint density at radius 2 is 0.792 bits per heavy atom. The number of aliphatic hydroxyl groups is 1. The number of nitrogens with zero attached hydrogens (tertiary/aromatic N) is 4. The number of carbonyl (C=O) groups is 5. The fraction of sp³-hybridized carbons (Fsp3) is 0.0988. The number of methoxy groups -OCH3 is 1. The van der Waals surface area contributed by atoms with Crippen LogP contribution in [-0.2, 0) is 42.3 Å². The van der Waals surface area contributed by atoms with Crippen molar-refractivity contribution in [2.75, 3.05) is 24.4 Å². The van der Waals surface area contributed by atoms with E-state index < -0.39 is 17.9 Å². The van der Waals surface area contributed by atoms with Crippen LogP contribution in [0.5, 0.6) is 17.2 Å². The summed E-state index contributed by atoms with van der Waals surface area (Å²) in [5, 5.41) is 42.8. The molecule has 19 nitrogen and oxygen atoms in total. The van der Waals surface area contributed by atoms with Crippen molar-refractivity contribution < 1.29 is 92.9 Å². The van der Waals surface area contributed by atoms with Gasteiger partial charge in [0.2, 0.25) is 0 Å². The fourth-order valence-corrected chi connectivity index (χ4v) is 10.5. The number of hydrogen-bond donors (Lipinski definition) is 4. The number of nitrogens with one attached hydrogen (secondary N) is 2. The predicted octanol–water partition coefficient (Wildman–Crippen LogP) is 12.5. The van der Waals surface area contributed by atoms with E-state index in [-0.39, 0.29) is 65.6 Å². The number of anilines is 2. The van der Waals surface area contributed by atoms with Crippen LogP contribution in [-0.4, -0.2) is 79.5 Å². The summed E-state index contributed by atoms with van der Waals surface area (Å²) >= 11 is 0. The van der Waals surface area contributed by atoms with Gasteiger partial charge in [-0.2, -0.15) is 0 Å². The second-order valence-corrected chi connectivity index (χ2v) is 22.5. The number of hydrogen-bond acceptors (Lipinski definition) is 16. The summed E-state index contributed by atoms with van der Waals surface area (Å²) in [7, 11) is 1.31. The molecule has 0 saturated carbocycles. The van der Waals surface area contributed by atoms with Crippen LogP contribution in [0.25, 0.3) is 45.0 Å². The maximum atomic E-state index is 13.4. The van der Waals surface area contributed by atoms with Crippen LogP contribution < -0.4 is 54.4 Å². The van der Waals surface area contributed by atoms with E-state index in [0.717, 1.165) is 22.3 Å². The zero-order valence-corrected chi connectivity index (χ0v) is 57.1. The topological polar surface area (TPSA) is 278 Å². The van der Waals surface area contributed by atoms with Crippen molar-refractivity contribution in [3.05, 3.63) is 329 Å². The summed E-state index contributed by atoms with van der Waals surface area (Å²) in [5.41, 5.74) is 11.6. The molecular weight excluding hydrogens is 1290 g/mol. The Morgan fingerprint density at radius 3 is 1.23 bits per heavy atom. The number of ether oxygens (including phenoxy) is 5. The molecule has 0 atom stereocenters. The predicted molar refractivity (Wildman–Crippen MR) is 378 cm³/mol. The van der Waals surface area contributed by atoms with E-state index in [1.165, 1.54) is 13.2 Å². The molecule has 0 saturated heterocycles. The number of carbonyl (C=O) groups excluding carboxylic acids is 4. The summed E-state index contributed by atoms with van der Waals surface area (Å²) in [5.74, 6) is -0.790. The molecule has 2 amide bonds. The molecule has 0 aliphatic heterocycles. The number of carboxylic acids is 1. The summed E-state index contributed by atoms with van der Waals surface area (Å²) in [6.45, 7) is 1.07. The molecule has 10 aromatic carbocycles. The van der Waals surface area contributed by atoms with Crippen molar-refractivity contribution in [1.29, 1.82) is 0 Å². The van der Waals surface area contributed by atoms with E-state index in [4.69, 9.17) is 23.7 Å². The first-order valence-corrected chi connectivity index (χ1v) is 31.6. The summed E-state index contributed by atoms with van der Waals surface area (Å²) < 4.78 is 28.3. The molecule has 5 N–H and O–H groups in total. The van der Waals surface area contributed by atoms with Gasteiger partial charge < -0.3 is 50.0 Å². The zero-order chi connectivity index (χ0) is 68.7. The normalized spacial score (nSPS) is 10.4. The standard InChI is InChI=1S/C47H37N3O7.C34H29N3O5.Na.H2O/c1-54-46(52)37-16-10-15-36(27-37)44-38(31-57-47(53)35-21-25-40(26-22-35)56-30-33-13-6-3-7-14-33)28-43(49-50-44)41-17-8-9-18-42(41)48-45(51)34-19-23-39(24-20-34)55-29-32-11-4-2-5-12-32;38-19-7-12-26-21-31(36-37-32(26)25-10-6-11-27(20-25)34(40)41)29-13-4-5-14-30(29)35-33(39)24-15-17-28(18-16-24)42-22-23-8-2-1-3-9-23;;/h2-28H,29-31H2,1H3,(H,48,51);1-6,8-11,13-18,20-21,38H,7,12,19,22H2,(H,35,39)(H,40,41);;1H2/q;;+1;/p-1. The van der Waals surface area contributed by atoms with Crippen molar-refractivity contribution in [1.82, 2.24) is 20.4 Å². The van der Waals surface area contributed by atoms with Gasteiger partial charge in [-0.05, 0) is 156 Å². The minimum atomic E-state index is -1.03. The van der Waals surface area contributed by atoms with E-state index in [1.807, 2.05) is 127 Å². The third kappa shape index (κ3) is 20.1. The molecule has 20 heteroatoms. The Hall–Kier alpha value is -12.0. The maximum absolute atomic E-state index is 13.4. The van der Waals surface area contributed by atoms with Gasteiger partial charge in [-0.15, -0.1) is 20.4 Å². The van der Waals surface area contributed by atoms with Gasteiger partial charge in [0, 0.05) is 45.6 Å². The third-order valence-electron chi connectivity index (χ3n) is 15.6. The molecule has 0 radical (unpaired) electrons. The zero-order valence-electron chi connectivity index (χ0n) is 55.1. The van der Waals surface area contributed by atoms with E-state index in [2.05, 4.69) is 31.0 Å². The van der Waals surface area contributed by atoms with Gasteiger partial charge in [-0.25, -0.2) is 14.4 Å². The van der Waals surface area contributed by atoms with Crippen molar-refractivity contribution in [3.8, 4) is 62.3 Å². The number of aryl methyl sites for hydroxylation is 1. The molecule has 0 aliphatic rings. The van der Waals surface area contributed by atoms with Crippen molar-refractivity contribution in [2.45, 2.75) is 39.3 Å². The van der Waals surface area contributed by atoms with Gasteiger partial charge in [-0.1, -0.05) is 152 Å².